The van der Waals surface area contributed by atoms with E-state index in [4.69, 9.17) is 5.26 Å². The Morgan fingerprint density at radius 3 is 2.58 bits per heavy atom. The largest absolute Gasteiger partial charge is 0.359 e. The van der Waals surface area contributed by atoms with Crippen molar-refractivity contribution in [3.05, 3.63) is 102 Å². The first-order chi connectivity index (χ1) is 19.5. The molecule has 0 saturated heterocycles. The van der Waals surface area contributed by atoms with Crippen LogP contribution in [-0.2, 0) is 29.1 Å². The number of rotatable bonds is 13. The second kappa shape index (κ2) is 14.1. The number of nitrogens with zero attached hydrogens (tertiary/aromatic N) is 3. The van der Waals surface area contributed by atoms with Crippen molar-refractivity contribution in [2.24, 2.45) is 5.92 Å². The van der Waals surface area contributed by atoms with Gasteiger partial charge < -0.3 is 20.5 Å². The molecule has 4 aromatic rings. The van der Waals surface area contributed by atoms with Gasteiger partial charge in [-0.15, -0.1) is 0 Å². The number of hydrogen-bond acceptors (Lipinski definition) is 5. The SMILES string of the molecule is CNC(=O)CCC(C)C(CNCc1cccc2ccccc12)NC(=O)Cc1cncn1Cc1ccc(C#N)cc1. The van der Waals surface area contributed by atoms with E-state index >= 15 is 0 Å². The Morgan fingerprint density at radius 1 is 1.02 bits per heavy atom. The lowest BCUT2D eigenvalue weighted by Crippen LogP contribution is -2.46. The van der Waals surface area contributed by atoms with Crippen LogP contribution in [0.1, 0.15) is 42.1 Å². The molecule has 3 N–H and O–H groups in total. The fraction of sp³-hybridized carbons (Fsp3) is 0.312. The maximum atomic E-state index is 13.2. The van der Waals surface area contributed by atoms with Crippen LogP contribution in [0.2, 0.25) is 0 Å². The number of aromatic nitrogens is 2. The van der Waals surface area contributed by atoms with E-state index in [0.717, 1.165) is 11.3 Å². The number of nitrogens with one attached hydrogen (secondary N) is 3. The first-order valence-electron chi connectivity index (χ1n) is 13.6. The van der Waals surface area contributed by atoms with Crippen LogP contribution in [0.4, 0.5) is 0 Å². The van der Waals surface area contributed by atoms with E-state index in [1.807, 2.05) is 28.8 Å². The van der Waals surface area contributed by atoms with Gasteiger partial charge in [0.2, 0.25) is 11.8 Å². The van der Waals surface area contributed by atoms with Gasteiger partial charge in [0.15, 0.2) is 0 Å². The summed E-state index contributed by atoms with van der Waals surface area (Å²) in [7, 11) is 1.64. The fourth-order valence-electron chi connectivity index (χ4n) is 4.83. The molecular weight excluding hydrogens is 500 g/mol. The van der Waals surface area contributed by atoms with Crippen LogP contribution in [-0.4, -0.2) is 41.0 Å². The van der Waals surface area contributed by atoms with Gasteiger partial charge in [-0.05, 0) is 46.4 Å². The number of hydrogen-bond donors (Lipinski definition) is 3. The number of fused-ring (bicyclic) bond motifs is 1. The topological polar surface area (TPSA) is 112 Å². The lowest BCUT2D eigenvalue weighted by molar-refractivity contribution is -0.121. The van der Waals surface area contributed by atoms with Gasteiger partial charge in [-0.25, -0.2) is 4.98 Å². The molecule has 0 aliphatic heterocycles. The Kier molecular flexibility index (Phi) is 10.0. The van der Waals surface area contributed by atoms with Crippen LogP contribution in [0.3, 0.4) is 0 Å². The third-order valence-electron chi connectivity index (χ3n) is 7.27. The van der Waals surface area contributed by atoms with Gasteiger partial charge in [-0.3, -0.25) is 9.59 Å². The minimum atomic E-state index is -0.151. The van der Waals surface area contributed by atoms with Crippen LogP contribution < -0.4 is 16.0 Å². The Balaban J connectivity index is 1.40. The maximum Gasteiger partial charge on any atom is 0.226 e. The zero-order valence-electron chi connectivity index (χ0n) is 23.1. The standard InChI is InChI=1S/C32H36N6O2/c1-23(10-15-31(39)34-2)30(20-35-18-27-8-5-7-26-6-3-4-9-29(26)27)37-32(40)16-28-19-36-22-38(28)21-25-13-11-24(17-33)12-14-25/h3-9,11-14,19,22-23,30,35H,10,15-16,18,20-21H2,1-2H3,(H,34,39)(H,37,40). The molecule has 0 saturated carbocycles. The third-order valence-corrected chi connectivity index (χ3v) is 7.27. The highest BCUT2D eigenvalue weighted by atomic mass is 16.2. The van der Waals surface area contributed by atoms with Crippen molar-refractivity contribution in [2.45, 2.75) is 45.3 Å². The number of carbonyl (C=O) groups is 2. The summed E-state index contributed by atoms with van der Waals surface area (Å²) >= 11 is 0. The fourth-order valence-corrected chi connectivity index (χ4v) is 4.83. The zero-order chi connectivity index (χ0) is 28.3. The minimum absolute atomic E-state index is 0.00709. The molecule has 2 atom stereocenters. The van der Waals surface area contributed by atoms with Crippen LogP contribution in [0.15, 0.2) is 79.3 Å². The first kappa shape index (κ1) is 28.5. The van der Waals surface area contributed by atoms with Crippen LogP contribution in [0.25, 0.3) is 10.8 Å². The summed E-state index contributed by atoms with van der Waals surface area (Å²) in [4.78, 5) is 29.4. The highest BCUT2D eigenvalue weighted by Gasteiger charge is 2.21. The average molecular weight is 537 g/mol. The Bertz CT molecular complexity index is 1470. The average Bonchev–Trinajstić information content (AvgIpc) is 3.41. The van der Waals surface area contributed by atoms with E-state index in [1.165, 1.54) is 16.3 Å². The molecule has 0 aliphatic carbocycles. The summed E-state index contributed by atoms with van der Waals surface area (Å²) in [6, 6.07) is 24.0. The highest BCUT2D eigenvalue weighted by Crippen LogP contribution is 2.19. The number of imidazole rings is 1. The van der Waals surface area contributed by atoms with Crippen molar-refractivity contribution in [1.29, 1.82) is 5.26 Å². The predicted molar refractivity (Wildman–Crippen MR) is 156 cm³/mol. The normalized spacial score (nSPS) is 12.4. The van der Waals surface area contributed by atoms with Crippen molar-refractivity contribution in [3.8, 4) is 6.07 Å². The molecule has 4 rings (SSSR count). The molecule has 8 heteroatoms. The molecule has 0 spiro atoms. The predicted octanol–water partition coefficient (Wildman–Crippen LogP) is 3.94. The Morgan fingerprint density at radius 2 is 1.80 bits per heavy atom. The summed E-state index contributed by atoms with van der Waals surface area (Å²) in [6.45, 7) is 3.89. The second-order valence-electron chi connectivity index (χ2n) is 10.1. The van der Waals surface area contributed by atoms with Crippen molar-refractivity contribution >= 4 is 22.6 Å². The minimum Gasteiger partial charge on any atom is -0.359 e. The Hall–Kier alpha value is -4.48. The van der Waals surface area contributed by atoms with Crippen molar-refractivity contribution in [3.63, 3.8) is 0 Å². The van der Waals surface area contributed by atoms with Crippen LogP contribution in [0.5, 0.6) is 0 Å². The van der Waals surface area contributed by atoms with E-state index in [2.05, 4.69) is 64.3 Å². The van der Waals surface area contributed by atoms with E-state index in [1.54, 1.807) is 31.7 Å². The molecule has 1 heterocycles. The smallest absolute Gasteiger partial charge is 0.226 e. The molecule has 0 aliphatic rings. The molecule has 0 radical (unpaired) electrons. The Labute approximate surface area is 235 Å². The van der Waals surface area contributed by atoms with Gasteiger partial charge in [0.25, 0.3) is 0 Å². The van der Waals surface area contributed by atoms with Crippen LogP contribution >= 0.6 is 0 Å². The number of amides is 2. The van der Waals surface area contributed by atoms with Gasteiger partial charge in [0.05, 0.1) is 24.4 Å². The van der Waals surface area contributed by atoms with Gasteiger partial charge in [0, 0.05) is 51.0 Å². The summed E-state index contributed by atoms with van der Waals surface area (Å²) in [5.74, 6) is -0.0116. The molecular formula is C32H36N6O2. The molecule has 0 fully saturated rings. The zero-order valence-corrected chi connectivity index (χ0v) is 23.1. The van der Waals surface area contributed by atoms with Gasteiger partial charge in [0.1, 0.15) is 0 Å². The lowest BCUT2D eigenvalue weighted by atomic mass is 9.95. The van der Waals surface area contributed by atoms with Gasteiger partial charge in [-0.1, -0.05) is 61.5 Å². The number of benzene rings is 3. The van der Waals surface area contributed by atoms with Gasteiger partial charge in [-0.2, -0.15) is 5.26 Å². The van der Waals surface area contributed by atoms with E-state index in [9.17, 15) is 9.59 Å². The van der Waals surface area contributed by atoms with E-state index < -0.39 is 0 Å². The lowest BCUT2D eigenvalue weighted by Gasteiger charge is -2.26. The number of nitriles is 1. The summed E-state index contributed by atoms with van der Waals surface area (Å²) in [5.41, 5.74) is 3.65. The highest BCUT2D eigenvalue weighted by molar-refractivity contribution is 5.85. The van der Waals surface area contributed by atoms with Crippen molar-refractivity contribution in [1.82, 2.24) is 25.5 Å². The van der Waals surface area contributed by atoms with Gasteiger partial charge >= 0.3 is 0 Å². The molecule has 1 aromatic heterocycles. The summed E-state index contributed by atoms with van der Waals surface area (Å²) in [6.07, 6.45) is 4.70. The van der Waals surface area contributed by atoms with Crippen molar-refractivity contribution < 1.29 is 9.59 Å². The molecule has 2 unspecified atom stereocenters. The number of carbonyl (C=O) groups excluding carboxylic acids is 2. The molecule has 206 valence electrons. The molecule has 0 bridgehead atoms. The van der Waals surface area contributed by atoms with E-state index in [-0.39, 0.29) is 30.2 Å². The van der Waals surface area contributed by atoms with E-state index in [0.29, 0.717) is 38.0 Å². The molecule has 8 nitrogen and oxygen atoms in total. The third kappa shape index (κ3) is 7.78. The monoisotopic (exact) mass is 536 g/mol. The first-order valence-corrected chi connectivity index (χ1v) is 13.6. The molecule has 2 amide bonds. The second-order valence-corrected chi connectivity index (χ2v) is 10.1. The quantitative estimate of drug-likeness (QED) is 0.240. The molecule has 3 aromatic carbocycles. The van der Waals surface area contributed by atoms with Crippen molar-refractivity contribution in [2.75, 3.05) is 13.6 Å². The maximum absolute atomic E-state index is 13.2. The summed E-state index contributed by atoms with van der Waals surface area (Å²) < 4.78 is 1.95. The van der Waals surface area contributed by atoms with Crippen LogP contribution in [0, 0.1) is 17.2 Å². The summed E-state index contributed by atoms with van der Waals surface area (Å²) in [5, 5.41) is 20.9. The molecule has 40 heavy (non-hydrogen) atoms.